The van der Waals surface area contributed by atoms with Crippen LogP contribution in [0.25, 0.3) is 0 Å². The number of esters is 1. The minimum atomic E-state index is -0.543. The lowest BCUT2D eigenvalue weighted by molar-refractivity contribution is -0.142. The quantitative estimate of drug-likeness (QED) is 0.248. The smallest absolute Gasteiger partial charge is 0.306 e. The van der Waals surface area contributed by atoms with Crippen LogP contribution in [0.1, 0.15) is 43.9 Å². The summed E-state index contributed by atoms with van der Waals surface area (Å²) >= 11 is 4.86. The van der Waals surface area contributed by atoms with Crippen molar-refractivity contribution < 1.29 is 23.9 Å². The Morgan fingerprint density at radius 3 is 2.41 bits per heavy atom. The highest BCUT2D eigenvalue weighted by Crippen LogP contribution is 2.26. The van der Waals surface area contributed by atoms with E-state index in [0.717, 1.165) is 14.3 Å². The molecule has 1 aliphatic rings. The number of benzene rings is 2. The number of rotatable bonds is 8. The Bertz CT molecular complexity index is 974. The average Bonchev–Trinajstić information content (AvgIpc) is 2.96. The number of Topliss-reactive ketones (excluding diaryl/α,β-unsaturated/α-hetero) is 1. The van der Waals surface area contributed by atoms with Crippen LogP contribution in [0.3, 0.4) is 0 Å². The second-order valence-electron chi connectivity index (χ2n) is 6.37. The van der Waals surface area contributed by atoms with Gasteiger partial charge in [-0.2, -0.15) is 0 Å². The molecule has 0 aliphatic carbocycles. The largest absolute Gasteiger partial charge is 0.457 e. The molecule has 2 aromatic carbocycles. The Kier molecular flexibility index (Phi) is 6.87. The normalized spacial score (nSPS) is 12.8. The second-order valence-corrected chi connectivity index (χ2v) is 8.16. The topological polar surface area (TPSA) is 80.8 Å². The van der Waals surface area contributed by atoms with Crippen molar-refractivity contribution in [3.8, 4) is 0 Å². The molecule has 8 heteroatoms. The summed E-state index contributed by atoms with van der Waals surface area (Å²) in [5.74, 6) is -1.56. The predicted octanol–water partition coefficient (Wildman–Crippen LogP) is 3.97. The van der Waals surface area contributed by atoms with Gasteiger partial charge in [-0.05, 0) is 43.0 Å². The van der Waals surface area contributed by atoms with Gasteiger partial charge in [0.15, 0.2) is 12.4 Å². The summed E-state index contributed by atoms with van der Waals surface area (Å²) in [7, 11) is 0. The van der Waals surface area contributed by atoms with Gasteiger partial charge in [0.25, 0.3) is 11.8 Å². The van der Waals surface area contributed by atoms with Crippen molar-refractivity contribution in [3.05, 3.63) is 63.6 Å². The number of hydrogen-bond donors (Lipinski definition) is 0. The summed E-state index contributed by atoms with van der Waals surface area (Å²) in [4.78, 5) is 50.9. The van der Waals surface area contributed by atoms with Gasteiger partial charge >= 0.3 is 5.97 Å². The van der Waals surface area contributed by atoms with Gasteiger partial charge in [0.1, 0.15) is 0 Å². The van der Waals surface area contributed by atoms with Gasteiger partial charge in [0, 0.05) is 27.9 Å². The highest BCUT2D eigenvalue weighted by Gasteiger charge is 2.35. The van der Waals surface area contributed by atoms with Crippen molar-refractivity contribution in [2.45, 2.75) is 17.7 Å². The molecule has 0 N–H and O–H groups in total. The standard InChI is InChI=1S/C21H18BrNO5S/c1-29-15-7-4-13(5-8-15)18(24)12-28-19(25)3-2-10-23-20(26)16-9-6-14(22)11-17(16)21(23)27/h4-9,11H,2-3,10,12H2,1H3. The van der Waals surface area contributed by atoms with Gasteiger partial charge in [0.2, 0.25) is 0 Å². The number of fused-ring (bicyclic) bond motifs is 1. The van der Waals surface area contributed by atoms with E-state index in [1.165, 1.54) is 0 Å². The molecule has 0 atom stereocenters. The summed E-state index contributed by atoms with van der Waals surface area (Å²) in [6.45, 7) is -0.221. The second kappa shape index (κ2) is 9.37. The van der Waals surface area contributed by atoms with Crippen molar-refractivity contribution in [3.63, 3.8) is 0 Å². The number of thioether (sulfide) groups is 1. The van der Waals surface area contributed by atoms with Crippen LogP contribution in [0.2, 0.25) is 0 Å². The van der Waals surface area contributed by atoms with E-state index >= 15 is 0 Å². The third-order valence-corrected chi connectivity index (χ3v) is 5.71. The highest BCUT2D eigenvalue weighted by atomic mass is 79.9. The van der Waals surface area contributed by atoms with E-state index in [-0.39, 0.29) is 43.6 Å². The molecule has 6 nitrogen and oxygen atoms in total. The van der Waals surface area contributed by atoms with Gasteiger partial charge in [-0.1, -0.05) is 28.1 Å². The SMILES string of the molecule is CSc1ccc(C(=O)COC(=O)CCCN2C(=O)c3ccc(Br)cc3C2=O)cc1. The van der Waals surface area contributed by atoms with E-state index in [1.807, 2.05) is 18.4 Å². The molecular formula is C21H18BrNO5S. The van der Waals surface area contributed by atoms with Crippen LogP contribution in [-0.4, -0.2) is 47.9 Å². The highest BCUT2D eigenvalue weighted by molar-refractivity contribution is 9.10. The number of imide groups is 1. The van der Waals surface area contributed by atoms with Gasteiger partial charge < -0.3 is 4.74 Å². The molecule has 2 aromatic rings. The molecule has 0 unspecified atom stereocenters. The number of ketones is 1. The lowest BCUT2D eigenvalue weighted by Crippen LogP contribution is -2.31. The zero-order valence-corrected chi connectivity index (χ0v) is 18.0. The van der Waals surface area contributed by atoms with E-state index in [4.69, 9.17) is 4.74 Å². The fraction of sp³-hybridized carbons (Fsp3) is 0.238. The molecule has 2 amide bonds. The van der Waals surface area contributed by atoms with Crippen LogP contribution in [0.15, 0.2) is 51.8 Å². The minimum Gasteiger partial charge on any atom is -0.457 e. The van der Waals surface area contributed by atoms with Crippen molar-refractivity contribution in [1.82, 2.24) is 4.90 Å². The van der Waals surface area contributed by atoms with Crippen molar-refractivity contribution in [2.24, 2.45) is 0 Å². The van der Waals surface area contributed by atoms with Gasteiger partial charge in [-0.15, -0.1) is 11.8 Å². The van der Waals surface area contributed by atoms with E-state index in [1.54, 1.807) is 42.1 Å². The Hall–Kier alpha value is -2.45. The maximum atomic E-state index is 12.4. The number of ether oxygens (including phenoxy) is 1. The molecule has 0 saturated heterocycles. The zero-order valence-electron chi connectivity index (χ0n) is 15.6. The van der Waals surface area contributed by atoms with Crippen LogP contribution in [-0.2, 0) is 9.53 Å². The molecule has 1 aliphatic heterocycles. The van der Waals surface area contributed by atoms with Crippen molar-refractivity contribution >= 4 is 51.3 Å². The number of carbonyl (C=O) groups excluding carboxylic acids is 4. The van der Waals surface area contributed by atoms with Gasteiger partial charge in [-0.25, -0.2) is 0 Å². The summed E-state index contributed by atoms with van der Waals surface area (Å²) in [5, 5.41) is 0. The molecular weight excluding hydrogens is 458 g/mol. The molecule has 150 valence electrons. The van der Waals surface area contributed by atoms with Crippen molar-refractivity contribution in [2.75, 3.05) is 19.4 Å². The Labute approximate surface area is 180 Å². The van der Waals surface area contributed by atoms with Crippen LogP contribution >= 0.6 is 27.7 Å². The number of nitrogens with zero attached hydrogens (tertiary/aromatic N) is 1. The molecule has 0 saturated carbocycles. The lowest BCUT2D eigenvalue weighted by Gasteiger charge is -2.13. The lowest BCUT2D eigenvalue weighted by atomic mass is 10.1. The summed E-state index contributed by atoms with van der Waals surface area (Å²) in [6.07, 6.45) is 2.22. The third kappa shape index (κ3) is 4.94. The van der Waals surface area contributed by atoms with E-state index in [9.17, 15) is 19.2 Å². The first kappa shape index (κ1) is 21.3. The van der Waals surface area contributed by atoms with Crippen LogP contribution in [0, 0.1) is 0 Å². The van der Waals surface area contributed by atoms with Gasteiger partial charge in [-0.3, -0.25) is 24.1 Å². The summed E-state index contributed by atoms with van der Waals surface area (Å²) in [6, 6.07) is 12.0. The maximum absolute atomic E-state index is 12.4. The maximum Gasteiger partial charge on any atom is 0.306 e. The number of carbonyl (C=O) groups is 4. The van der Waals surface area contributed by atoms with Crippen LogP contribution < -0.4 is 0 Å². The molecule has 0 aromatic heterocycles. The summed E-state index contributed by atoms with van der Waals surface area (Å²) in [5.41, 5.74) is 1.19. The monoisotopic (exact) mass is 475 g/mol. The summed E-state index contributed by atoms with van der Waals surface area (Å²) < 4.78 is 5.74. The first-order chi connectivity index (χ1) is 13.9. The third-order valence-electron chi connectivity index (χ3n) is 4.47. The molecule has 0 bridgehead atoms. The van der Waals surface area contributed by atoms with Crippen LogP contribution in [0.5, 0.6) is 0 Å². The van der Waals surface area contributed by atoms with Crippen molar-refractivity contribution in [1.29, 1.82) is 0 Å². The molecule has 3 rings (SSSR count). The molecule has 0 radical (unpaired) electrons. The average molecular weight is 476 g/mol. The van der Waals surface area contributed by atoms with E-state index in [2.05, 4.69) is 15.9 Å². The number of amides is 2. The zero-order chi connectivity index (χ0) is 21.0. The minimum absolute atomic E-state index is 0.00971. The number of hydrogen-bond acceptors (Lipinski definition) is 6. The Morgan fingerprint density at radius 2 is 1.72 bits per heavy atom. The molecule has 1 heterocycles. The first-order valence-corrected chi connectivity index (χ1v) is 10.9. The Balaban J connectivity index is 1.45. The Morgan fingerprint density at radius 1 is 1.03 bits per heavy atom. The fourth-order valence-corrected chi connectivity index (χ4v) is 3.70. The van der Waals surface area contributed by atoms with Crippen LogP contribution in [0.4, 0.5) is 0 Å². The first-order valence-electron chi connectivity index (χ1n) is 8.89. The predicted molar refractivity (Wildman–Crippen MR) is 112 cm³/mol. The fourth-order valence-electron chi connectivity index (χ4n) is 2.93. The van der Waals surface area contributed by atoms with E-state index < -0.39 is 5.97 Å². The number of halogens is 1. The molecule has 0 fully saturated rings. The van der Waals surface area contributed by atoms with Gasteiger partial charge in [0.05, 0.1) is 11.1 Å². The molecule has 0 spiro atoms. The molecule has 29 heavy (non-hydrogen) atoms. The van der Waals surface area contributed by atoms with E-state index in [0.29, 0.717) is 16.7 Å².